The van der Waals surface area contributed by atoms with Crippen molar-refractivity contribution in [3.63, 3.8) is 0 Å². The highest BCUT2D eigenvalue weighted by Gasteiger charge is 2.26. The Hall–Kier alpha value is -0.990. The van der Waals surface area contributed by atoms with Crippen LogP contribution in [0.4, 0.5) is 0 Å². The Labute approximate surface area is 250 Å². The molecule has 0 amide bonds. The van der Waals surface area contributed by atoms with Gasteiger partial charge in [-0.3, -0.25) is 18.6 Å². The Balaban J connectivity index is 4.15. The SMILES string of the molecule is CCCCCCCCCCCCCCCCCC(=O)O[C@H](COC(=O)CCCCCCC)COP(=O)(O)OCC[NH3+]. The summed E-state index contributed by atoms with van der Waals surface area (Å²) < 4.78 is 32.5. The van der Waals surface area contributed by atoms with Crippen molar-refractivity contribution in [3.8, 4) is 0 Å². The van der Waals surface area contributed by atoms with Crippen LogP contribution in [-0.2, 0) is 32.7 Å². The molecular weight excluding hydrogens is 545 g/mol. The molecule has 10 heteroatoms. The van der Waals surface area contributed by atoms with Crippen molar-refractivity contribution in [3.05, 3.63) is 0 Å². The number of hydrogen-bond donors (Lipinski definition) is 2. The normalized spacial score (nSPS) is 13.6. The monoisotopic (exact) mass is 608 g/mol. The molecule has 0 aliphatic heterocycles. The van der Waals surface area contributed by atoms with E-state index >= 15 is 0 Å². The highest BCUT2D eigenvalue weighted by Crippen LogP contribution is 2.43. The third-order valence-electron chi connectivity index (χ3n) is 7.02. The molecule has 0 aromatic rings. The lowest BCUT2D eigenvalue weighted by Gasteiger charge is -2.19. The minimum atomic E-state index is -4.31. The van der Waals surface area contributed by atoms with Crippen LogP contribution in [0, 0.1) is 0 Å². The van der Waals surface area contributed by atoms with Gasteiger partial charge in [0.05, 0.1) is 13.2 Å². The first-order valence-electron chi connectivity index (χ1n) is 16.6. The van der Waals surface area contributed by atoms with Gasteiger partial charge in [0.25, 0.3) is 0 Å². The molecule has 0 saturated carbocycles. The number of ether oxygens (including phenoxy) is 2. The Morgan fingerprint density at radius 2 is 1.05 bits per heavy atom. The van der Waals surface area contributed by atoms with Crippen LogP contribution in [0.5, 0.6) is 0 Å². The third-order valence-corrected chi connectivity index (χ3v) is 8.00. The van der Waals surface area contributed by atoms with Crippen molar-refractivity contribution in [1.29, 1.82) is 0 Å². The zero-order valence-electron chi connectivity index (χ0n) is 26.4. The molecule has 1 unspecified atom stereocenters. The molecule has 0 aromatic carbocycles. The molecule has 0 fully saturated rings. The second-order valence-corrected chi connectivity index (χ2v) is 12.6. The minimum absolute atomic E-state index is 0.0373. The first kappa shape index (κ1) is 40.0. The van der Waals surface area contributed by atoms with Crippen molar-refractivity contribution in [2.75, 3.05) is 26.4 Å². The maximum Gasteiger partial charge on any atom is 0.472 e. The van der Waals surface area contributed by atoms with Crippen molar-refractivity contribution >= 4 is 19.8 Å². The highest BCUT2D eigenvalue weighted by molar-refractivity contribution is 7.47. The molecule has 0 bridgehead atoms. The molecule has 0 saturated heterocycles. The number of hydrogen-bond acceptors (Lipinski definition) is 7. The molecule has 4 N–H and O–H groups in total. The maximum absolute atomic E-state index is 12.4. The summed E-state index contributed by atoms with van der Waals surface area (Å²) in [6.07, 6.45) is 23.3. The van der Waals surface area contributed by atoms with Gasteiger partial charge in [0, 0.05) is 12.8 Å². The summed E-state index contributed by atoms with van der Waals surface area (Å²) in [5.74, 6) is -0.819. The summed E-state index contributed by atoms with van der Waals surface area (Å²) in [6, 6.07) is 0. The van der Waals surface area contributed by atoms with Crippen molar-refractivity contribution in [1.82, 2.24) is 0 Å². The first-order valence-corrected chi connectivity index (χ1v) is 18.1. The van der Waals surface area contributed by atoms with Crippen LogP contribution in [0.3, 0.4) is 0 Å². The van der Waals surface area contributed by atoms with Crippen LogP contribution < -0.4 is 5.73 Å². The zero-order chi connectivity index (χ0) is 30.4. The zero-order valence-corrected chi connectivity index (χ0v) is 27.3. The molecule has 9 nitrogen and oxygen atoms in total. The predicted octanol–water partition coefficient (Wildman–Crippen LogP) is 7.44. The average molecular weight is 609 g/mol. The summed E-state index contributed by atoms with van der Waals surface area (Å²) in [7, 11) is -4.31. The number of esters is 2. The van der Waals surface area contributed by atoms with Crippen LogP contribution in [0.2, 0.25) is 0 Å². The number of phosphoric ester groups is 1. The quantitative estimate of drug-likeness (QED) is 0.0471. The van der Waals surface area contributed by atoms with Crippen molar-refractivity contribution in [2.24, 2.45) is 0 Å². The number of rotatable bonds is 31. The van der Waals surface area contributed by atoms with Crippen LogP contribution >= 0.6 is 7.82 Å². The van der Waals surface area contributed by atoms with Gasteiger partial charge in [0.15, 0.2) is 6.10 Å². The Kier molecular flexibility index (Phi) is 28.4. The summed E-state index contributed by atoms with van der Waals surface area (Å²) in [5, 5.41) is 0. The molecule has 244 valence electrons. The summed E-state index contributed by atoms with van der Waals surface area (Å²) in [5.41, 5.74) is 3.55. The van der Waals surface area contributed by atoms with E-state index in [1.165, 1.54) is 77.0 Å². The number of carbonyl (C=O) groups excluding carboxylic acids is 2. The lowest BCUT2D eigenvalue weighted by atomic mass is 10.0. The highest BCUT2D eigenvalue weighted by atomic mass is 31.2. The predicted molar refractivity (Wildman–Crippen MR) is 163 cm³/mol. The lowest BCUT2D eigenvalue weighted by molar-refractivity contribution is -0.371. The van der Waals surface area contributed by atoms with Gasteiger partial charge in [-0.05, 0) is 12.8 Å². The van der Waals surface area contributed by atoms with E-state index in [0.717, 1.165) is 44.9 Å². The molecule has 0 rings (SSSR count). The van der Waals surface area contributed by atoms with Crippen LogP contribution in [0.25, 0.3) is 0 Å². The van der Waals surface area contributed by atoms with Gasteiger partial charge in [-0.15, -0.1) is 0 Å². The molecule has 0 heterocycles. The minimum Gasteiger partial charge on any atom is -0.462 e. The number of unbranched alkanes of at least 4 members (excludes halogenated alkanes) is 18. The number of carbonyl (C=O) groups is 2. The van der Waals surface area contributed by atoms with Gasteiger partial charge in [-0.1, -0.05) is 129 Å². The van der Waals surface area contributed by atoms with Gasteiger partial charge in [0.1, 0.15) is 13.2 Å². The smallest absolute Gasteiger partial charge is 0.462 e. The third kappa shape index (κ3) is 28.9. The molecule has 2 atom stereocenters. The second-order valence-electron chi connectivity index (χ2n) is 11.1. The maximum atomic E-state index is 12.4. The molecule has 0 radical (unpaired) electrons. The van der Waals surface area contributed by atoms with Crippen molar-refractivity contribution in [2.45, 2.75) is 161 Å². The van der Waals surface area contributed by atoms with E-state index in [1.807, 2.05) is 0 Å². The van der Waals surface area contributed by atoms with Gasteiger partial charge >= 0.3 is 19.8 Å². The molecule has 0 aliphatic carbocycles. The largest absolute Gasteiger partial charge is 0.472 e. The van der Waals surface area contributed by atoms with Gasteiger partial charge < -0.3 is 20.1 Å². The van der Waals surface area contributed by atoms with E-state index in [9.17, 15) is 19.0 Å². The van der Waals surface area contributed by atoms with E-state index in [4.69, 9.17) is 18.5 Å². The Morgan fingerprint density at radius 3 is 1.49 bits per heavy atom. The van der Waals surface area contributed by atoms with E-state index in [0.29, 0.717) is 13.0 Å². The van der Waals surface area contributed by atoms with Gasteiger partial charge in [0.2, 0.25) is 0 Å². The van der Waals surface area contributed by atoms with Crippen molar-refractivity contribution < 1.29 is 43.3 Å². The topological polar surface area (TPSA) is 136 Å². The Morgan fingerprint density at radius 1 is 0.634 bits per heavy atom. The summed E-state index contributed by atoms with van der Waals surface area (Å²) in [4.78, 5) is 34.3. The fourth-order valence-corrected chi connectivity index (χ4v) is 5.32. The van der Waals surface area contributed by atoms with E-state index < -0.39 is 26.5 Å². The fourth-order valence-electron chi connectivity index (χ4n) is 4.53. The molecule has 0 aliphatic rings. The summed E-state index contributed by atoms with van der Waals surface area (Å²) >= 11 is 0. The van der Waals surface area contributed by atoms with Crippen LogP contribution in [0.1, 0.15) is 155 Å². The van der Waals surface area contributed by atoms with Crippen LogP contribution in [-0.4, -0.2) is 49.3 Å². The standard InChI is InChI=1S/C31H62NO8P/c1-3-5-7-9-10-11-12-13-14-15-16-17-18-20-22-24-31(34)40-29(28-39-41(35,36)38-26-25-32)27-37-30(33)23-21-19-8-6-4-2/h29H,3-28,32H2,1-2H3,(H,35,36)/p+1/t29-/m1/s1. The average Bonchev–Trinajstić information content (AvgIpc) is 2.95. The van der Waals surface area contributed by atoms with E-state index in [2.05, 4.69) is 19.6 Å². The Bertz CT molecular complexity index is 664. The van der Waals surface area contributed by atoms with E-state index in [1.54, 1.807) is 0 Å². The lowest BCUT2D eigenvalue weighted by Crippen LogP contribution is -2.52. The van der Waals surface area contributed by atoms with Gasteiger partial charge in [-0.25, -0.2) is 4.57 Å². The molecule has 41 heavy (non-hydrogen) atoms. The molecular formula is C31H63NO8P+. The van der Waals surface area contributed by atoms with Gasteiger partial charge in [-0.2, -0.15) is 0 Å². The van der Waals surface area contributed by atoms with E-state index in [-0.39, 0.29) is 32.0 Å². The van der Waals surface area contributed by atoms with Crippen LogP contribution in [0.15, 0.2) is 0 Å². The number of phosphoric acid groups is 1. The molecule has 0 spiro atoms. The number of quaternary nitrogens is 1. The molecule has 0 aromatic heterocycles. The fraction of sp³-hybridized carbons (Fsp3) is 0.935. The summed E-state index contributed by atoms with van der Waals surface area (Å²) in [6.45, 7) is 4.03. The second kappa shape index (κ2) is 29.1. The first-order chi connectivity index (χ1) is 19.8.